The second kappa shape index (κ2) is 7.39. The monoisotopic (exact) mass is 486 g/mol. The Morgan fingerprint density at radius 1 is 1.04 bits per heavy atom. The Morgan fingerprint density at radius 2 is 1.82 bits per heavy atom. The summed E-state index contributed by atoms with van der Waals surface area (Å²) in [4.78, 5) is 26.8. The van der Waals surface area contributed by atoms with Gasteiger partial charge in [-0.15, -0.1) is 0 Å². The SMILES string of the molecule is O=C1OC(c2cccc(I)c2)=N/C1=C\c1ccc(-c2cccc([N+](=O)[O-])c2)o1. The maximum Gasteiger partial charge on any atom is 0.363 e. The molecule has 2 aromatic carbocycles. The number of nitro groups is 1. The largest absolute Gasteiger partial charge is 0.457 e. The van der Waals surface area contributed by atoms with Crippen LogP contribution in [-0.2, 0) is 9.53 Å². The van der Waals surface area contributed by atoms with Gasteiger partial charge in [-0.05, 0) is 52.9 Å². The van der Waals surface area contributed by atoms with Crippen LogP contribution < -0.4 is 0 Å². The molecule has 0 amide bonds. The molecule has 0 aliphatic carbocycles. The highest BCUT2D eigenvalue weighted by Gasteiger charge is 2.24. The van der Waals surface area contributed by atoms with Crippen LogP contribution in [0.5, 0.6) is 0 Å². The molecule has 138 valence electrons. The molecule has 1 aliphatic heterocycles. The topological polar surface area (TPSA) is 94.9 Å². The summed E-state index contributed by atoms with van der Waals surface area (Å²) in [6, 6.07) is 16.9. The molecule has 0 spiro atoms. The Kier molecular flexibility index (Phi) is 4.78. The van der Waals surface area contributed by atoms with Crippen molar-refractivity contribution in [3.05, 3.63) is 91.4 Å². The number of carbonyl (C=O) groups excluding carboxylic acids is 1. The summed E-state index contributed by atoms with van der Waals surface area (Å²) in [5, 5.41) is 10.9. The van der Waals surface area contributed by atoms with Gasteiger partial charge < -0.3 is 9.15 Å². The molecule has 0 saturated carbocycles. The summed E-state index contributed by atoms with van der Waals surface area (Å²) >= 11 is 2.17. The second-order valence-electron chi connectivity index (χ2n) is 5.86. The highest BCUT2D eigenvalue weighted by Crippen LogP contribution is 2.27. The van der Waals surface area contributed by atoms with Crippen molar-refractivity contribution < 1.29 is 18.9 Å². The number of halogens is 1. The maximum atomic E-state index is 12.1. The molecule has 0 unspecified atom stereocenters. The summed E-state index contributed by atoms with van der Waals surface area (Å²) in [6.07, 6.45) is 1.48. The van der Waals surface area contributed by atoms with Crippen LogP contribution in [-0.4, -0.2) is 16.8 Å². The molecule has 28 heavy (non-hydrogen) atoms. The summed E-state index contributed by atoms with van der Waals surface area (Å²) in [6.45, 7) is 0. The lowest BCUT2D eigenvalue weighted by atomic mass is 10.1. The van der Waals surface area contributed by atoms with Crippen LogP contribution in [0.2, 0.25) is 0 Å². The minimum atomic E-state index is -0.567. The van der Waals surface area contributed by atoms with Gasteiger partial charge in [0, 0.05) is 32.9 Å². The Bertz CT molecular complexity index is 1160. The smallest absolute Gasteiger partial charge is 0.363 e. The molecule has 4 rings (SSSR count). The number of esters is 1. The molecule has 0 radical (unpaired) electrons. The van der Waals surface area contributed by atoms with Gasteiger partial charge in [0.2, 0.25) is 5.90 Å². The Hall–Kier alpha value is -3.27. The van der Waals surface area contributed by atoms with Crippen molar-refractivity contribution >= 4 is 46.2 Å². The molecule has 2 heterocycles. The van der Waals surface area contributed by atoms with E-state index < -0.39 is 10.9 Å². The van der Waals surface area contributed by atoms with E-state index in [1.165, 1.54) is 18.2 Å². The van der Waals surface area contributed by atoms with E-state index in [1.54, 1.807) is 24.3 Å². The van der Waals surface area contributed by atoms with E-state index in [0.29, 0.717) is 22.6 Å². The summed E-state index contributed by atoms with van der Waals surface area (Å²) in [5.41, 5.74) is 1.37. The number of benzene rings is 2. The van der Waals surface area contributed by atoms with E-state index in [2.05, 4.69) is 27.6 Å². The summed E-state index contributed by atoms with van der Waals surface area (Å²) in [5.74, 6) is 0.507. The number of hydrogen-bond donors (Lipinski definition) is 0. The lowest BCUT2D eigenvalue weighted by molar-refractivity contribution is -0.384. The van der Waals surface area contributed by atoms with E-state index in [0.717, 1.165) is 3.57 Å². The first-order valence-corrected chi connectivity index (χ1v) is 9.21. The molecule has 8 heteroatoms. The highest BCUT2D eigenvalue weighted by molar-refractivity contribution is 14.1. The summed E-state index contributed by atoms with van der Waals surface area (Å²) in [7, 11) is 0. The number of aliphatic imine (C=N–C) groups is 1. The van der Waals surface area contributed by atoms with Gasteiger partial charge in [-0.1, -0.05) is 18.2 Å². The van der Waals surface area contributed by atoms with Crippen LogP contribution >= 0.6 is 22.6 Å². The third-order valence-corrected chi connectivity index (χ3v) is 4.61. The van der Waals surface area contributed by atoms with Crippen molar-refractivity contribution in [1.29, 1.82) is 0 Å². The number of nitro benzene ring substituents is 1. The molecule has 0 saturated heterocycles. The first kappa shape index (κ1) is 18.1. The lowest BCUT2D eigenvalue weighted by Crippen LogP contribution is -2.05. The minimum absolute atomic E-state index is 0.0279. The van der Waals surface area contributed by atoms with E-state index >= 15 is 0 Å². The van der Waals surface area contributed by atoms with Crippen LogP contribution in [0.4, 0.5) is 5.69 Å². The van der Waals surface area contributed by atoms with Crippen molar-refractivity contribution in [1.82, 2.24) is 0 Å². The molecule has 0 N–H and O–H groups in total. The van der Waals surface area contributed by atoms with Gasteiger partial charge in [0.25, 0.3) is 5.69 Å². The number of non-ortho nitro benzene ring substituents is 1. The quantitative estimate of drug-likeness (QED) is 0.174. The number of furan rings is 1. The van der Waals surface area contributed by atoms with Crippen molar-refractivity contribution in [2.45, 2.75) is 0 Å². The average molecular weight is 486 g/mol. The molecule has 0 fully saturated rings. The van der Waals surface area contributed by atoms with Crippen LogP contribution in [0.3, 0.4) is 0 Å². The standard InChI is InChI=1S/C20H11IN2O5/c21-14-5-1-4-13(9-14)19-22-17(20(24)28-19)11-16-7-8-18(27-16)12-3-2-6-15(10-12)23(25)26/h1-11H/b17-11-. The number of rotatable bonds is 4. The van der Waals surface area contributed by atoms with Crippen molar-refractivity contribution in [3.63, 3.8) is 0 Å². The fraction of sp³-hybridized carbons (Fsp3) is 0. The first-order valence-electron chi connectivity index (χ1n) is 8.13. The van der Waals surface area contributed by atoms with Crippen molar-refractivity contribution in [3.8, 4) is 11.3 Å². The number of cyclic esters (lactones) is 1. The number of carbonyl (C=O) groups is 1. The van der Waals surface area contributed by atoms with E-state index in [1.807, 2.05) is 24.3 Å². The predicted octanol–water partition coefficient (Wildman–Crippen LogP) is 4.80. The van der Waals surface area contributed by atoms with Gasteiger partial charge in [-0.25, -0.2) is 9.79 Å². The fourth-order valence-corrected chi connectivity index (χ4v) is 3.19. The molecule has 1 aliphatic rings. The van der Waals surface area contributed by atoms with Gasteiger partial charge in [0.05, 0.1) is 4.92 Å². The molecule has 0 bridgehead atoms. The fourth-order valence-electron chi connectivity index (χ4n) is 2.65. The normalized spacial score (nSPS) is 14.8. The van der Waals surface area contributed by atoms with Crippen molar-refractivity contribution in [2.75, 3.05) is 0 Å². The molecule has 0 atom stereocenters. The zero-order chi connectivity index (χ0) is 19.7. The van der Waals surface area contributed by atoms with E-state index in [-0.39, 0.29) is 17.3 Å². The molecular weight excluding hydrogens is 475 g/mol. The molecular formula is C20H11IN2O5. The van der Waals surface area contributed by atoms with E-state index in [4.69, 9.17) is 9.15 Å². The second-order valence-corrected chi connectivity index (χ2v) is 7.10. The van der Waals surface area contributed by atoms with Crippen LogP contribution in [0.1, 0.15) is 11.3 Å². The highest BCUT2D eigenvalue weighted by atomic mass is 127. The lowest BCUT2D eigenvalue weighted by Gasteiger charge is -1.99. The average Bonchev–Trinajstić information content (AvgIpc) is 3.29. The number of nitrogens with zero attached hydrogens (tertiary/aromatic N) is 2. The molecule has 1 aromatic heterocycles. The third-order valence-electron chi connectivity index (χ3n) is 3.94. The molecule has 7 nitrogen and oxygen atoms in total. The van der Waals surface area contributed by atoms with Crippen LogP contribution in [0.15, 0.2) is 75.8 Å². The Balaban J connectivity index is 1.62. The van der Waals surface area contributed by atoms with Gasteiger partial charge >= 0.3 is 5.97 Å². The first-order chi connectivity index (χ1) is 13.5. The van der Waals surface area contributed by atoms with Gasteiger partial charge in [-0.2, -0.15) is 0 Å². The van der Waals surface area contributed by atoms with Crippen LogP contribution in [0.25, 0.3) is 17.4 Å². The zero-order valence-electron chi connectivity index (χ0n) is 14.2. The van der Waals surface area contributed by atoms with Crippen molar-refractivity contribution in [2.24, 2.45) is 4.99 Å². The zero-order valence-corrected chi connectivity index (χ0v) is 16.3. The third kappa shape index (κ3) is 3.72. The maximum absolute atomic E-state index is 12.1. The predicted molar refractivity (Wildman–Crippen MR) is 111 cm³/mol. The van der Waals surface area contributed by atoms with E-state index in [9.17, 15) is 14.9 Å². The summed E-state index contributed by atoms with van der Waals surface area (Å²) < 4.78 is 11.9. The van der Waals surface area contributed by atoms with Gasteiger partial charge in [0.15, 0.2) is 5.70 Å². The van der Waals surface area contributed by atoms with Gasteiger partial charge in [-0.3, -0.25) is 10.1 Å². The van der Waals surface area contributed by atoms with Crippen LogP contribution in [0, 0.1) is 13.7 Å². The number of hydrogen-bond acceptors (Lipinski definition) is 6. The number of ether oxygens (including phenoxy) is 1. The minimum Gasteiger partial charge on any atom is -0.457 e. The molecule has 3 aromatic rings. The van der Waals surface area contributed by atoms with Gasteiger partial charge in [0.1, 0.15) is 11.5 Å². The Morgan fingerprint density at radius 3 is 2.61 bits per heavy atom. The Labute approximate surface area is 172 Å².